The predicted octanol–water partition coefficient (Wildman–Crippen LogP) is 3.92. The van der Waals surface area contributed by atoms with Crippen LogP contribution in [0.25, 0.3) is 0 Å². The van der Waals surface area contributed by atoms with E-state index in [2.05, 4.69) is 19.9 Å². The van der Waals surface area contributed by atoms with Gasteiger partial charge in [-0.1, -0.05) is 25.4 Å². The van der Waals surface area contributed by atoms with Gasteiger partial charge in [-0.15, -0.1) is 11.3 Å². The van der Waals surface area contributed by atoms with E-state index in [-0.39, 0.29) is 0 Å². The van der Waals surface area contributed by atoms with Crippen molar-refractivity contribution in [2.24, 2.45) is 0 Å². The molecule has 1 heterocycles. The average Bonchev–Trinajstić information content (AvgIpc) is 2.34. The Bertz CT molecular complexity index is 205. The van der Waals surface area contributed by atoms with E-state index < -0.39 is 0 Å². The van der Waals surface area contributed by atoms with Crippen LogP contribution >= 0.6 is 22.9 Å². The maximum absolute atomic E-state index is 5.78. The molecule has 0 aromatic carbocycles. The third kappa shape index (κ3) is 1.74. The van der Waals surface area contributed by atoms with Gasteiger partial charge in [0, 0.05) is 4.88 Å². The molecule has 1 atom stereocenters. The summed E-state index contributed by atoms with van der Waals surface area (Å²) in [5, 5.41) is 0. The smallest absolute Gasteiger partial charge is 0.0931 e. The lowest BCUT2D eigenvalue weighted by Gasteiger charge is -2.02. The standard InChI is InChI=1S/C8H11ClS/c1-3-6(2)7-4-5-8(9)10-7/h4-6H,3H2,1-2H3. The van der Waals surface area contributed by atoms with E-state index in [4.69, 9.17) is 11.6 Å². The van der Waals surface area contributed by atoms with Crippen LogP contribution in [0.4, 0.5) is 0 Å². The first-order valence-corrected chi connectivity index (χ1v) is 4.68. The van der Waals surface area contributed by atoms with Crippen LogP contribution in [0.2, 0.25) is 4.34 Å². The average molecular weight is 175 g/mol. The van der Waals surface area contributed by atoms with Crippen molar-refractivity contribution in [2.45, 2.75) is 26.2 Å². The minimum absolute atomic E-state index is 0.664. The second-order valence-corrected chi connectivity index (χ2v) is 4.20. The molecule has 0 saturated carbocycles. The Morgan fingerprint density at radius 3 is 2.70 bits per heavy atom. The summed E-state index contributed by atoms with van der Waals surface area (Å²) >= 11 is 7.47. The zero-order valence-corrected chi connectivity index (χ0v) is 7.80. The van der Waals surface area contributed by atoms with Crippen molar-refractivity contribution >= 4 is 22.9 Å². The molecular weight excluding hydrogens is 164 g/mol. The van der Waals surface area contributed by atoms with Gasteiger partial charge in [-0.05, 0) is 24.5 Å². The molecule has 1 rings (SSSR count). The van der Waals surface area contributed by atoms with Crippen molar-refractivity contribution in [3.63, 3.8) is 0 Å². The zero-order valence-electron chi connectivity index (χ0n) is 6.23. The number of rotatable bonds is 2. The minimum atomic E-state index is 0.664. The molecule has 56 valence electrons. The molecule has 1 aromatic rings. The zero-order chi connectivity index (χ0) is 7.56. The molecule has 0 bridgehead atoms. The Morgan fingerprint density at radius 2 is 2.30 bits per heavy atom. The Hall–Kier alpha value is -0.0100. The molecule has 10 heavy (non-hydrogen) atoms. The van der Waals surface area contributed by atoms with E-state index in [1.54, 1.807) is 11.3 Å². The fraction of sp³-hybridized carbons (Fsp3) is 0.500. The summed E-state index contributed by atoms with van der Waals surface area (Å²) in [5.74, 6) is 0.664. The molecule has 0 aliphatic rings. The summed E-state index contributed by atoms with van der Waals surface area (Å²) in [5.41, 5.74) is 0. The lowest BCUT2D eigenvalue weighted by Crippen LogP contribution is -1.84. The molecule has 0 amide bonds. The highest BCUT2D eigenvalue weighted by Gasteiger charge is 2.04. The first-order chi connectivity index (χ1) is 4.74. The molecule has 1 unspecified atom stereocenters. The highest BCUT2D eigenvalue weighted by Crippen LogP contribution is 2.29. The SMILES string of the molecule is CCC(C)c1ccc(Cl)s1. The Morgan fingerprint density at radius 1 is 1.60 bits per heavy atom. The third-order valence-electron chi connectivity index (χ3n) is 1.69. The van der Waals surface area contributed by atoms with Crippen molar-refractivity contribution in [3.05, 3.63) is 21.3 Å². The molecule has 0 spiro atoms. The summed E-state index contributed by atoms with van der Waals surface area (Å²) in [6, 6.07) is 4.08. The summed E-state index contributed by atoms with van der Waals surface area (Å²) in [6.45, 7) is 4.42. The van der Waals surface area contributed by atoms with Gasteiger partial charge in [-0.25, -0.2) is 0 Å². The van der Waals surface area contributed by atoms with Crippen LogP contribution < -0.4 is 0 Å². The number of hydrogen-bond acceptors (Lipinski definition) is 1. The number of halogens is 1. The maximum Gasteiger partial charge on any atom is 0.0931 e. The highest BCUT2D eigenvalue weighted by molar-refractivity contribution is 7.16. The second kappa shape index (κ2) is 3.40. The molecule has 0 nitrogen and oxygen atoms in total. The van der Waals surface area contributed by atoms with Crippen LogP contribution in [0.5, 0.6) is 0 Å². The van der Waals surface area contributed by atoms with Crippen LogP contribution in [-0.4, -0.2) is 0 Å². The first kappa shape index (κ1) is 8.09. The topological polar surface area (TPSA) is 0 Å². The number of thiophene rings is 1. The monoisotopic (exact) mass is 174 g/mol. The molecule has 0 fully saturated rings. The van der Waals surface area contributed by atoms with E-state index >= 15 is 0 Å². The van der Waals surface area contributed by atoms with Crippen LogP contribution in [0.1, 0.15) is 31.1 Å². The van der Waals surface area contributed by atoms with Gasteiger partial charge in [0.2, 0.25) is 0 Å². The van der Waals surface area contributed by atoms with E-state index in [1.165, 1.54) is 11.3 Å². The minimum Gasteiger partial charge on any atom is -0.128 e. The molecule has 0 saturated heterocycles. The number of hydrogen-bond donors (Lipinski definition) is 0. The summed E-state index contributed by atoms with van der Waals surface area (Å²) in [7, 11) is 0. The fourth-order valence-electron chi connectivity index (χ4n) is 0.794. The van der Waals surface area contributed by atoms with Gasteiger partial charge in [0.05, 0.1) is 4.34 Å². The van der Waals surface area contributed by atoms with E-state index in [0.717, 1.165) is 4.34 Å². The van der Waals surface area contributed by atoms with Crippen molar-refractivity contribution in [1.29, 1.82) is 0 Å². The normalized spacial score (nSPS) is 13.5. The van der Waals surface area contributed by atoms with Gasteiger partial charge >= 0.3 is 0 Å². The summed E-state index contributed by atoms with van der Waals surface area (Å²) < 4.78 is 0.898. The van der Waals surface area contributed by atoms with Gasteiger partial charge < -0.3 is 0 Å². The molecule has 2 heteroatoms. The summed E-state index contributed by atoms with van der Waals surface area (Å²) in [4.78, 5) is 1.40. The molecule has 0 radical (unpaired) electrons. The van der Waals surface area contributed by atoms with Gasteiger partial charge in [0.25, 0.3) is 0 Å². The second-order valence-electron chi connectivity index (χ2n) is 2.45. The third-order valence-corrected chi connectivity index (χ3v) is 3.15. The van der Waals surface area contributed by atoms with Crippen LogP contribution in [-0.2, 0) is 0 Å². The van der Waals surface area contributed by atoms with E-state index in [9.17, 15) is 0 Å². The molecule has 1 aromatic heterocycles. The molecule has 0 aliphatic carbocycles. The largest absolute Gasteiger partial charge is 0.128 e. The van der Waals surface area contributed by atoms with Gasteiger partial charge in [-0.3, -0.25) is 0 Å². The molecule has 0 aliphatic heterocycles. The van der Waals surface area contributed by atoms with Crippen molar-refractivity contribution in [3.8, 4) is 0 Å². The van der Waals surface area contributed by atoms with Gasteiger partial charge in [0.15, 0.2) is 0 Å². The maximum atomic E-state index is 5.78. The van der Waals surface area contributed by atoms with Crippen LogP contribution in [0.15, 0.2) is 12.1 Å². The quantitative estimate of drug-likeness (QED) is 0.638. The lowest BCUT2D eigenvalue weighted by molar-refractivity contribution is 0.748. The first-order valence-electron chi connectivity index (χ1n) is 3.49. The van der Waals surface area contributed by atoms with Crippen LogP contribution in [0.3, 0.4) is 0 Å². The van der Waals surface area contributed by atoms with Gasteiger partial charge in [-0.2, -0.15) is 0 Å². The van der Waals surface area contributed by atoms with Crippen LogP contribution in [0, 0.1) is 0 Å². The van der Waals surface area contributed by atoms with Gasteiger partial charge in [0.1, 0.15) is 0 Å². The van der Waals surface area contributed by atoms with Crippen molar-refractivity contribution in [2.75, 3.05) is 0 Å². The predicted molar refractivity (Wildman–Crippen MR) is 48.0 cm³/mol. The Kier molecular flexibility index (Phi) is 2.75. The van der Waals surface area contributed by atoms with Crippen molar-refractivity contribution < 1.29 is 0 Å². The van der Waals surface area contributed by atoms with E-state index in [1.807, 2.05) is 6.07 Å². The van der Waals surface area contributed by atoms with Crippen molar-refractivity contribution in [1.82, 2.24) is 0 Å². The fourth-order valence-corrected chi connectivity index (χ4v) is 1.99. The summed E-state index contributed by atoms with van der Waals surface area (Å²) in [6.07, 6.45) is 1.19. The molecule has 0 N–H and O–H groups in total. The van der Waals surface area contributed by atoms with E-state index in [0.29, 0.717) is 5.92 Å². The Labute approximate surface area is 70.8 Å². The molecular formula is C8H11ClS. The lowest BCUT2D eigenvalue weighted by atomic mass is 10.1. The highest BCUT2D eigenvalue weighted by atomic mass is 35.5. The Balaban J connectivity index is 2.74.